The van der Waals surface area contributed by atoms with Crippen LogP contribution in [0.1, 0.15) is 36.0 Å². The van der Waals surface area contributed by atoms with Gasteiger partial charge in [-0.25, -0.2) is 0 Å². The minimum atomic E-state index is -0.00255. The van der Waals surface area contributed by atoms with E-state index in [1.54, 1.807) is 13.3 Å². The standard InChI is InChI=1S/C30H32N4O3/c1-34(2)30(12-13-30)18-37-28-17-26-24(16-27(28)36-3)25(11-14-31-26)32-21-9-10-22-19(15-21)5-4-6-23(22)29(35)33-20-7-8-20/h4-6,9-11,14-17,20H,7-8,12-13,18H2,1-3H3,(H,31,32)(H,33,35). The van der Waals surface area contributed by atoms with Gasteiger partial charge in [0.1, 0.15) is 6.61 Å². The minimum absolute atomic E-state index is 0.00255. The lowest BCUT2D eigenvalue weighted by atomic mass is 10.0. The smallest absolute Gasteiger partial charge is 0.252 e. The number of carbonyl (C=O) groups excluding carboxylic acids is 1. The molecule has 0 atom stereocenters. The molecule has 2 saturated carbocycles. The molecular weight excluding hydrogens is 464 g/mol. The van der Waals surface area contributed by atoms with Gasteiger partial charge in [-0.05, 0) is 80.9 Å². The number of hydrogen-bond acceptors (Lipinski definition) is 6. The van der Waals surface area contributed by atoms with Gasteiger partial charge in [0.15, 0.2) is 11.5 Å². The Bertz CT molecular complexity index is 1490. The van der Waals surface area contributed by atoms with Gasteiger partial charge in [-0.2, -0.15) is 0 Å². The lowest BCUT2D eigenvalue weighted by Gasteiger charge is -2.24. The van der Waals surface area contributed by atoms with Crippen LogP contribution in [-0.2, 0) is 0 Å². The summed E-state index contributed by atoms with van der Waals surface area (Å²) >= 11 is 0. The molecule has 1 aromatic heterocycles. The molecule has 0 radical (unpaired) electrons. The summed E-state index contributed by atoms with van der Waals surface area (Å²) < 4.78 is 11.9. The van der Waals surface area contributed by atoms with E-state index in [0.29, 0.717) is 29.7 Å². The largest absolute Gasteiger partial charge is 0.493 e. The third kappa shape index (κ3) is 4.67. The van der Waals surface area contributed by atoms with Crippen molar-refractivity contribution in [2.24, 2.45) is 0 Å². The molecule has 7 nitrogen and oxygen atoms in total. The Hall–Kier alpha value is -3.84. The summed E-state index contributed by atoms with van der Waals surface area (Å²) in [5.41, 5.74) is 3.51. The van der Waals surface area contributed by atoms with Crippen molar-refractivity contribution in [1.82, 2.24) is 15.2 Å². The summed E-state index contributed by atoms with van der Waals surface area (Å²) in [5.74, 6) is 1.38. The molecule has 37 heavy (non-hydrogen) atoms. The Balaban J connectivity index is 1.28. The fourth-order valence-electron chi connectivity index (χ4n) is 4.82. The first-order valence-electron chi connectivity index (χ1n) is 12.8. The number of nitrogens with one attached hydrogen (secondary N) is 2. The molecule has 190 valence electrons. The normalized spacial score (nSPS) is 16.1. The third-order valence-corrected chi connectivity index (χ3v) is 7.62. The predicted molar refractivity (Wildman–Crippen MR) is 147 cm³/mol. The van der Waals surface area contributed by atoms with Gasteiger partial charge in [0.25, 0.3) is 5.91 Å². The zero-order valence-corrected chi connectivity index (χ0v) is 21.5. The van der Waals surface area contributed by atoms with Crippen LogP contribution in [0.2, 0.25) is 0 Å². The van der Waals surface area contributed by atoms with Crippen LogP contribution in [0.15, 0.2) is 60.8 Å². The van der Waals surface area contributed by atoms with E-state index in [-0.39, 0.29) is 11.4 Å². The first kappa shape index (κ1) is 23.6. The molecule has 0 unspecified atom stereocenters. The van der Waals surface area contributed by atoms with Crippen LogP contribution in [0.4, 0.5) is 11.4 Å². The number of amides is 1. The molecule has 0 spiro atoms. The Labute approximate surface area is 216 Å². The SMILES string of the molecule is COc1cc2c(Nc3ccc4c(C(=O)NC5CC5)cccc4c3)ccnc2cc1OCC1(N(C)C)CC1. The number of methoxy groups -OCH3 is 1. The van der Waals surface area contributed by atoms with Gasteiger partial charge < -0.3 is 25.0 Å². The van der Waals surface area contributed by atoms with E-state index in [9.17, 15) is 4.79 Å². The second kappa shape index (κ2) is 9.23. The zero-order chi connectivity index (χ0) is 25.6. The number of rotatable bonds is 9. The van der Waals surface area contributed by atoms with E-state index in [1.807, 2.05) is 48.5 Å². The maximum absolute atomic E-state index is 12.7. The average molecular weight is 497 g/mol. The third-order valence-electron chi connectivity index (χ3n) is 7.62. The minimum Gasteiger partial charge on any atom is -0.493 e. The maximum Gasteiger partial charge on any atom is 0.252 e. The molecule has 2 N–H and O–H groups in total. The number of likely N-dealkylation sites (N-methyl/N-ethyl adjacent to an activating group) is 1. The molecule has 2 aliphatic carbocycles. The maximum atomic E-state index is 12.7. The molecule has 3 aromatic carbocycles. The highest BCUT2D eigenvalue weighted by atomic mass is 16.5. The van der Waals surface area contributed by atoms with Crippen molar-refractivity contribution in [2.75, 3.05) is 33.1 Å². The van der Waals surface area contributed by atoms with Crippen molar-refractivity contribution in [1.29, 1.82) is 0 Å². The van der Waals surface area contributed by atoms with E-state index in [0.717, 1.165) is 58.7 Å². The van der Waals surface area contributed by atoms with Crippen LogP contribution in [0.5, 0.6) is 11.5 Å². The highest BCUT2D eigenvalue weighted by Crippen LogP contribution is 2.42. The van der Waals surface area contributed by atoms with Gasteiger partial charge in [-0.15, -0.1) is 0 Å². The van der Waals surface area contributed by atoms with Crippen LogP contribution in [0, 0.1) is 0 Å². The number of anilines is 2. The second-order valence-electron chi connectivity index (χ2n) is 10.4. The Morgan fingerprint density at radius 1 is 1.05 bits per heavy atom. The van der Waals surface area contributed by atoms with Gasteiger partial charge in [0.2, 0.25) is 0 Å². The van der Waals surface area contributed by atoms with Crippen molar-refractivity contribution in [2.45, 2.75) is 37.3 Å². The molecule has 2 fully saturated rings. The van der Waals surface area contributed by atoms with Crippen LogP contribution < -0.4 is 20.1 Å². The Kier molecular flexibility index (Phi) is 5.88. The number of ether oxygens (including phenoxy) is 2. The first-order valence-corrected chi connectivity index (χ1v) is 12.8. The summed E-state index contributed by atoms with van der Waals surface area (Å²) in [6, 6.07) is 18.2. The molecule has 0 aliphatic heterocycles. The van der Waals surface area contributed by atoms with E-state index >= 15 is 0 Å². The molecule has 2 aliphatic rings. The number of pyridine rings is 1. The van der Waals surface area contributed by atoms with Crippen molar-refractivity contribution in [3.63, 3.8) is 0 Å². The van der Waals surface area contributed by atoms with Crippen molar-refractivity contribution in [3.8, 4) is 11.5 Å². The molecule has 1 amide bonds. The quantitative estimate of drug-likeness (QED) is 0.318. The molecule has 4 aromatic rings. The van der Waals surface area contributed by atoms with Crippen LogP contribution in [0.3, 0.4) is 0 Å². The number of nitrogens with zero attached hydrogens (tertiary/aromatic N) is 2. The highest BCUT2D eigenvalue weighted by Gasteiger charge is 2.45. The molecule has 0 saturated heterocycles. The lowest BCUT2D eigenvalue weighted by Crippen LogP contribution is -2.35. The van der Waals surface area contributed by atoms with Crippen molar-refractivity contribution < 1.29 is 14.3 Å². The van der Waals surface area contributed by atoms with Gasteiger partial charge in [-0.3, -0.25) is 9.78 Å². The average Bonchev–Trinajstić information content (AvgIpc) is 3.83. The van der Waals surface area contributed by atoms with Crippen molar-refractivity contribution in [3.05, 3.63) is 66.4 Å². The summed E-state index contributed by atoms with van der Waals surface area (Å²) in [7, 11) is 5.87. The number of hydrogen-bond donors (Lipinski definition) is 2. The topological polar surface area (TPSA) is 75.7 Å². The van der Waals surface area contributed by atoms with E-state index < -0.39 is 0 Å². The zero-order valence-electron chi connectivity index (χ0n) is 21.5. The summed E-state index contributed by atoms with van der Waals surface area (Å²) in [6.45, 7) is 0.623. The number of benzene rings is 3. The van der Waals surface area contributed by atoms with Crippen molar-refractivity contribution >= 4 is 39.0 Å². The fourth-order valence-corrected chi connectivity index (χ4v) is 4.82. The number of carbonyl (C=O) groups is 1. The van der Waals surface area contributed by atoms with Crippen LogP contribution in [-0.4, -0.2) is 55.2 Å². The lowest BCUT2D eigenvalue weighted by molar-refractivity contribution is 0.0952. The number of aromatic nitrogens is 1. The molecular formula is C30H32N4O3. The Morgan fingerprint density at radius 3 is 2.62 bits per heavy atom. The molecule has 0 bridgehead atoms. The Morgan fingerprint density at radius 2 is 1.89 bits per heavy atom. The highest BCUT2D eigenvalue weighted by molar-refractivity contribution is 6.08. The first-order chi connectivity index (χ1) is 18.0. The molecule has 6 rings (SSSR count). The summed E-state index contributed by atoms with van der Waals surface area (Å²) in [5, 5.41) is 9.53. The van der Waals surface area contributed by atoms with Gasteiger partial charge in [0.05, 0.1) is 18.2 Å². The molecule has 1 heterocycles. The van der Waals surface area contributed by atoms with E-state index in [2.05, 4.69) is 40.7 Å². The van der Waals surface area contributed by atoms with Crippen LogP contribution in [0.25, 0.3) is 21.7 Å². The predicted octanol–water partition coefficient (Wildman–Crippen LogP) is 5.51. The number of fused-ring (bicyclic) bond motifs is 2. The molecule has 7 heteroatoms. The monoisotopic (exact) mass is 496 g/mol. The fraction of sp³-hybridized carbons (Fsp3) is 0.333. The van der Waals surface area contributed by atoms with E-state index in [4.69, 9.17) is 9.47 Å². The summed E-state index contributed by atoms with van der Waals surface area (Å²) in [4.78, 5) is 19.5. The van der Waals surface area contributed by atoms with Gasteiger partial charge in [-0.1, -0.05) is 18.2 Å². The van der Waals surface area contributed by atoms with E-state index in [1.165, 1.54) is 0 Å². The summed E-state index contributed by atoms with van der Waals surface area (Å²) in [6.07, 6.45) is 6.21. The second-order valence-corrected chi connectivity index (χ2v) is 10.4. The van der Waals surface area contributed by atoms with Crippen LogP contribution >= 0.6 is 0 Å². The van der Waals surface area contributed by atoms with Gasteiger partial charge in [0, 0.05) is 40.6 Å². The van der Waals surface area contributed by atoms with Gasteiger partial charge >= 0.3 is 0 Å².